The van der Waals surface area contributed by atoms with E-state index in [2.05, 4.69) is 18.7 Å². The first-order chi connectivity index (χ1) is 9.72. The van der Waals surface area contributed by atoms with Crippen LogP contribution in [0.1, 0.15) is 71.6 Å². The molecule has 0 amide bonds. The van der Waals surface area contributed by atoms with Crippen LogP contribution in [0.5, 0.6) is 0 Å². The fourth-order valence-corrected chi connectivity index (χ4v) is 4.18. The van der Waals surface area contributed by atoms with Crippen LogP contribution in [-0.4, -0.2) is 30.3 Å². The number of carbonyl (C=O) groups excluding carboxylic acids is 1. The number of likely N-dealkylation sites (tertiary alicyclic amines) is 1. The van der Waals surface area contributed by atoms with E-state index < -0.39 is 0 Å². The zero-order valence-corrected chi connectivity index (χ0v) is 13.6. The zero-order chi connectivity index (χ0) is 14.4. The first kappa shape index (κ1) is 16.0. The van der Waals surface area contributed by atoms with E-state index in [0.717, 1.165) is 31.2 Å². The maximum absolute atomic E-state index is 12.2. The minimum Gasteiger partial charge on any atom is -0.303 e. The molecule has 2 heteroatoms. The SMILES string of the molecule is CCCC1CCC(=O)C(CN2CCCC(CC)CC2)C1. The highest BCUT2D eigenvalue weighted by Crippen LogP contribution is 2.31. The molecule has 2 fully saturated rings. The minimum atomic E-state index is 0.346. The van der Waals surface area contributed by atoms with Gasteiger partial charge in [0.25, 0.3) is 0 Å². The van der Waals surface area contributed by atoms with Gasteiger partial charge in [-0.3, -0.25) is 4.79 Å². The summed E-state index contributed by atoms with van der Waals surface area (Å²) in [6.45, 7) is 8.08. The number of Topliss-reactive ketones (excluding diaryl/α,β-unsaturated/α-hetero) is 1. The fourth-order valence-electron chi connectivity index (χ4n) is 4.18. The van der Waals surface area contributed by atoms with Gasteiger partial charge in [-0.15, -0.1) is 0 Å². The Hall–Kier alpha value is -0.370. The molecule has 3 atom stereocenters. The Labute approximate surface area is 125 Å². The van der Waals surface area contributed by atoms with Crippen molar-refractivity contribution >= 4 is 5.78 Å². The largest absolute Gasteiger partial charge is 0.303 e. The molecule has 0 aromatic carbocycles. The summed E-state index contributed by atoms with van der Waals surface area (Å²) in [6.07, 6.45) is 11.2. The van der Waals surface area contributed by atoms with Crippen molar-refractivity contribution in [2.45, 2.75) is 71.6 Å². The van der Waals surface area contributed by atoms with Crippen LogP contribution in [0.25, 0.3) is 0 Å². The van der Waals surface area contributed by atoms with E-state index in [1.54, 1.807) is 0 Å². The Morgan fingerprint density at radius 3 is 2.70 bits per heavy atom. The van der Waals surface area contributed by atoms with Crippen LogP contribution < -0.4 is 0 Å². The van der Waals surface area contributed by atoms with Gasteiger partial charge in [-0.1, -0.05) is 33.1 Å². The van der Waals surface area contributed by atoms with Gasteiger partial charge in [0.2, 0.25) is 0 Å². The summed E-state index contributed by atoms with van der Waals surface area (Å²) < 4.78 is 0. The third-order valence-corrected chi connectivity index (χ3v) is 5.57. The Balaban J connectivity index is 1.82. The van der Waals surface area contributed by atoms with Crippen molar-refractivity contribution in [3.8, 4) is 0 Å². The Morgan fingerprint density at radius 2 is 1.95 bits per heavy atom. The smallest absolute Gasteiger partial charge is 0.137 e. The van der Waals surface area contributed by atoms with Crippen molar-refractivity contribution in [3.05, 3.63) is 0 Å². The minimum absolute atomic E-state index is 0.346. The number of rotatable bonds is 5. The topological polar surface area (TPSA) is 20.3 Å². The molecule has 0 aromatic rings. The lowest BCUT2D eigenvalue weighted by molar-refractivity contribution is -0.126. The van der Waals surface area contributed by atoms with Gasteiger partial charge in [0.15, 0.2) is 0 Å². The molecule has 0 radical (unpaired) electrons. The van der Waals surface area contributed by atoms with Crippen molar-refractivity contribution in [1.82, 2.24) is 4.90 Å². The molecule has 20 heavy (non-hydrogen) atoms. The summed E-state index contributed by atoms with van der Waals surface area (Å²) in [4.78, 5) is 14.8. The van der Waals surface area contributed by atoms with E-state index in [1.807, 2.05) is 0 Å². The van der Waals surface area contributed by atoms with Crippen LogP contribution in [0.15, 0.2) is 0 Å². The van der Waals surface area contributed by atoms with Crippen molar-refractivity contribution in [3.63, 3.8) is 0 Å². The Kier molecular flexibility index (Phi) is 6.54. The molecule has 0 N–H and O–H groups in total. The van der Waals surface area contributed by atoms with E-state index in [-0.39, 0.29) is 0 Å². The average molecular weight is 279 g/mol. The molecule has 1 saturated heterocycles. The van der Waals surface area contributed by atoms with E-state index >= 15 is 0 Å². The first-order valence-electron chi connectivity index (χ1n) is 8.98. The molecule has 1 aliphatic carbocycles. The van der Waals surface area contributed by atoms with Gasteiger partial charge in [0.05, 0.1) is 0 Å². The highest BCUT2D eigenvalue weighted by molar-refractivity contribution is 5.81. The monoisotopic (exact) mass is 279 g/mol. The van der Waals surface area contributed by atoms with E-state index in [1.165, 1.54) is 58.0 Å². The standard InChI is InChI=1S/C18H33NO/c1-3-6-16-8-9-18(20)17(13-16)14-19-11-5-7-15(4-2)10-12-19/h15-17H,3-14H2,1-2H3. The lowest BCUT2D eigenvalue weighted by Crippen LogP contribution is -2.37. The van der Waals surface area contributed by atoms with Crippen LogP contribution >= 0.6 is 0 Å². The predicted octanol–water partition coefficient (Wildman–Crippen LogP) is 4.28. The molecular weight excluding hydrogens is 246 g/mol. The summed E-state index contributed by atoms with van der Waals surface area (Å²) in [5.74, 6) is 2.64. The second kappa shape index (κ2) is 8.17. The summed E-state index contributed by atoms with van der Waals surface area (Å²) in [5.41, 5.74) is 0. The van der Waals surface area contributed by atoms with E-state index in [9.17, 15) is 4.79 Å². The van der Waals surface area contributed by atoms with Crippen LogP contribution in [0.3, 0.4) is 0 Å². The second-order valence-electron chi connectivity index (χ2n) is 7.10. The Morgan fingerprint density at radius 1 is 1.10 bits per heavy atom. The number of hydrogen-bond donors (Lipinski definition) is 0. The van der Waals surface area contributed by atoms with Gasteiger partial charge in [-0.25, -0.2) is 0 Å². The fraction of sp³-hybridized carbons (Fsp3) is 0.944. The molecule has 2 rings (SSSR count). The molecule has 2 aliphatic rings. The van der Waals surface area contributed by atoms with Gasteiger partial charge in [0, 0.05) is 18.9 Å². The average Bonchev–Trinajstić information content (AvgIpc) is 2.68. The van der Waals surface area contributed by atoms with E-state index in [4.69, 9.17) is 0 Å². The van der Waals surface area contributed by atoms with Gasteiger partial charge < -0.3 is 4.90 Å². The summed E-state index contributed by atoms with van der Waals surface area (Å²) in [7, 11) is 0. The first-order valence-corrected chi connectivity index (χ1v) is 8.98. The number of carbonyl (C=O) groups is 1. The molecule has 3 unspecified atom stereocenters. The summed E-state index contributed by atoms with van der Waals surface area (Å²) in [5, 5.41) is 0. The molecule has 1 saturated carbocycles. The normalized spacial score (nSPS) is 33.1. The summed E-state index contributed by atoms with van der Waals surface area (Å²) in [6, 6.07) is 0. The number of hydrogen-bond acceptors (Lipinski definition) is 2. The Bertz CT molecular complexity index is 302. The summed E-state index contributed by atoms with van der Waals surface area (Å²) >= 11 is 0. The van der Waals surface area contributed by atoms with Crippen LogP contribution in [0.2, 0.25) is 0 Å². The number of nitrogens with zero attached hydrogens (tertiary/aromatic N) is 1. The predicted molar refractivity (Wildman–Crippen MR) is 84.8 cm³/mol. The molecular formula is C18H33NO. The van der Waals surface area contributed by atoms with Gasteiger partial charge in [-0.05, 0) is 57.0 Å². The molecule has 0 aromatic heterocycles. The lowest BCUT2D eigenvalue weighted by Gasteiger charge is -2.32. The lowest BCUT2D eigenvalue weighted by atomic mass is 9.78. The zero-order valence-electron chi connectivity index (χ0n) is 13.6. The van der Waals surface area contributed by atoms with Gasteiger partial charge in [0.1, 0.15) is 5.78 Å². The molecule has 1 heterocycles. The number of ketones is 1. The molecule has 2 nitrogen and oxygen atoms in total. The molecule has 1 aliphatic heterocycles. The van der Waals surface area contributed by atoms with Crippen molar-refractivity contribution in [1.29, 1.82) is 0 Å². The maximum Gasteiger partial charge on any atom is 0.137 e. The quantitative estimate of drug-likeness (QED) is 0.748. The van der Waals surface area contributed by atoms with Gasteiger partial charge >= 0.3 is 0 Å². The highest BCUT2D eigenvalue weighted by Gasteiger charge is 2.30. The van der Waals surface area contributed by atoms with Crippen LogP contribution in [0, 0.1) is 17.8 Å². The maximum atomic E-state index is 12.2. The third kappa shape index (κ3) is 4.58. The van der Waals surface area contributed by atoms with Crippen molar-refractivity contribution in [2.24, 2.45) is 17.8 Å². The molecule has 0 bridgehead atoms. The van der Waals surface area contributed by atoms with Crippen molar-refractivity contribution in [2.75, 3.05) is 19.6 Å². The molecule has 116 valence electrons. The molecule has 0 spiro atoms. The van der Waals surface area contributed by atoms with Crippen molar-refractivity contribution < 1.29 is 4.79 Å². The van der Waals surface area contributed by atoms with E-state index in [0.29, 0.717) is 11.7 Å². The second-order valence-corrected chi connectivity index (χ2v) is 7.10. The third-order valence-electron chi connectivity index (χ3n) is 5.57. The van der Waals surface area contributed by atoms with Crippen LogP contribution in [0.4, 0.5) is 0 Å². The van der Waals surface area contributed by atoms with Gasteiger partial charge in [-0.2, -0.15) is 0 Å². The van der Waals surface area contributed by atoms with Crippen LogP contribution in [-0.2, 0) is 4.79 Å². The highest BCUT2D eigenvalue weighted by atomic mass is 16.1.